The highest BCUT2D eigenvalue weighted by Crippen LogP contribution is 2.10. The van der Waals surface area contributed by atoms with Gasteiger partial charge in [-0.1, -0.05) is 57.5 Å². The van der Waals surface area contributed by atoms with E-state index in [4.69, 9.17) is 28.7 Å². The van der Waals surface area contributed by atoms with Crippen LogP contribution in [-0.4, -0.2) is 91.8 Å². The Hall–Kier alpha value is -4.93. The molecule has 0 aliphatic rings. The molecule has 50 heavy (non-hydrogen) atoms. The van der Waals surface area contributed by atoms with Crippen LogP contribution in [0.25, 0.3) is 0 Å². The quantitative estimate of drug-likeness (QED) is 0.0327. The Balaban J connectivity index is 3.26. The number of guanidine groups is 2. The molecule has 0 unspecified atom stereocenters. The topological polar surface area (TPSA) is 300 Å². The number of nitrogens with one attached hydrogen (secondary N) is 5. The first kappa shape index (κ1) is 43.1. The van der Waals surface area contributed by atoms with Crippen LogP contribution in [0.1, 0.15) is 71.3 Å². The van der Waals surface area contributed by atoms with Crippen LogP contribution >= 0.6 is 0 Å². The van der Waals surface area contributed by atoms with Gasteiger partial charge in [-0.25, -0.2) is 0 Å². The van der Waals surface area contributed by atoms with Crippen LogP contribution < -0.4 is 55.3 Å². The van der Waals surface area contributed by atoms with Crippen molar-refractivity contribution in [1.82, 2.24) is 26.6 Å². The van der Waals surface area contributed by atoms with Crippen LogP contribution in [0.15, 0.2) is 40.3 Å². The zero-order chi connectivity index (χ0) is 37.5. The van der Waals surface area contributed by atoms with Crippen LogP contribution in [0.3, 0.4) is 0 Å². The van der Waals surface area contributed by atoms with Crippen molar-refractivity contribution in [3.8, 4) is 0 Å². The largest absolute Gasteiger partial charge is 0.370 e. The smallest absolute Gasteiger partial charge is 0.243 e. The van der Waals surface area contributed by atoms with Crippen LogP contribution in [0.2, 0.25) is 0 Å². The molecular formula is C33H58N12O5. The summed E-state index contributed by atoms with van der Waals surface area (Å²) in [5.41, 5.74) is 28.0. The van der Waals surface area contributed by atoms with E-state index in [2.05, 4.69) is 36.6 Å². The van der Waals surface area contributed by atoms with Gasteiger partial charge >= 0.3 is 0 Å². The summed E-state index contributed by atoms with van der Waals surface area (Å²) in [6.07, 6.45) is 3.10. The molecule has 0 aromatic heterocycles. The molecule has 0 aliphatic heterocycles. The predicted molar refractivity (Wildman–Crippen MR) is 194 cm³/mol. The fourth-order valence-electron chi connectivity index (χ4n) is 4.89. The van der Waals surface area contributed by atoms with E-state index in [1.165, 1.54) is 0 Å². The lowest BCUT2D eigenvalue weighted by atomic mass is 10.00. The van der Waals surface area contributed by atoms with Gasteiger partial charge in [0.2, 0.25) is 29.5 Å². The second-order valence-corrected chi connectivity index (χ2v) is 12.4. The number of carbonyl (C=O) groups is 5. The number of benzene rings is 1. The van der Waals surface area contributed by atoms with E-state index in [9.17, 15) is 24.0 Å². The minimum Gasteiger partial charge on any atom is -0.370 e. The molecule has 280 valence electrons. The van der Waals surface area contributed by atoms with Crippen molar-refractivity contribution in [2.75, 3.05) is 26.2 Å². The third-order valence-electron chi connectivity index (χ3n) is 7.45. The highest BCUT2D eigenvalue weighted by molar-refractivity contribution is 5.95. The summed E-state index contributed by atoms with van der Waals surface area (Å²) in [5, 5.41) is 13.8. The van der Waals surface area contributed by atoms with E-state index in [1.807, 2.05) is 51.1 Å². The predicted octanol–water partition coefficient (Wildman–Crippen LogP) is -1.80. The van der Waals surface area contributed by atoms with Crippen molar-refractivity contribution in [3.05, 3.63) is 35.9 Å². The number of nitrogens with zero attached hydrogens (tertiary/aromatic N) is 2. The number of hydrogen-bond donors (Lipinski definition) is 10. The minimum absolute atomic E-state index is 0.0344. The third kappa shape index (κ3) is 18.6. The Bertz CT molecular complexity index is 1270. The molecule has 0 aliphatic carbocycles. The summed E-state index contributed by atoms with van der Waals surface area (Å²) in [4.78, 5) is 74.3. The molecule has 0 spiro atoms. The highest BCUT2D eigenvalue weighted by atomic mass is 16.2. The zero-order valence-corrected chi connectivity index (χ0v) is 29.6. The molecule has 0 heterocycles. The van der Waals surface area contributed by atoms with Gasteiger partial charge in [-0.05, 0) is 50.0 Å². The fraction of sp³-hybridized carbons (Fsp3) is 0.606. The molecule has 0 radical (unpaired) electrons. The average Bonchev–Trinajstić information content (AvgIpc) is 3.06. The second kappa shape index (κ2) is 24.2. The second-order valence-electron chi connectivity index (χ2n) is 12.4. The number of aliphatic imine (C=N–C) groups is 2. The van der Waals surface area contributed by atoms with E-state index in [0.717, 1.165) is 18.4 Å². The number of unbranched alkanes of at least 4 members (excludes halogenated alkanes) is 1. The maximum absolute atomic E-state index is 13.8. The molecule has 0 saturated carbocycles. The first-order chi connectivity index (χ1) is 23.8. The summed E-state index contributed by atoms with van der Waals surface area (Å²) in [6, 6.07) is 4.98. The van der Waals surface area contributed by atoms with Gasteiger partial charge in [-0.2, -0.15) is 0 Å². The molecule has 5 amide bonds. The Morgan fingerprint density at radius 1 is 0.680 bits per heavy atom. The van der Waals surface area contributed by atoms with Gasteiger partial charge in [0.1, 0.15) is 24.2 Å². The number of rotatable bonds is 24. The zero-order valence-electron chi connectivity index (χ0n) is 29.6. The third-order valence-corrected chi connectivity index (χ3v) is 7.45. The lowest BCUT2D eigenvalue weighted by molar-refractivity contribution is -0.135. The SMILES string of the molecule is CCCCNC(=O)[C@H](CCCN=C(N)N)NC(=O)[C@H](CCCN=C(N)N)NC(=O)[C@H](CC(C)C)NC(=O)[C@H](Cc1ccccc1)NC(=O)CN. The monoisotopic (exact) mass is 702 g/mol. The van der Waals surface area contributed by atoms with Gasteiger partial charge in [0.05, 0.1) is 6.54 Å². The fourth-order valence-corrected chi connectivity index (χ4v) is 4.89. The number of amides is 5. The molecule has 1 aromatic carbocycles. The Labute approximate surface area is 294 Å². The van der Waals surface area contributed by atoms with Gasteiger partial charge in [0, 0.05) is 26.1 Å². The van der Waals surface area contributed by atoms with E-state index < -0.39 is 47.8 Å². The normalized spacial score (nSPS) is 13.1. The first-order valence-electron chi connectivity index (χ1n) is 17.1. The van der Waals surface area contributed by atoms with Crippen molar-refractivity contribution in [2.45, 2.75) is 96.3 Å². The van der Waals surface area contributed by atoms with E-state index in [1.54, 1.807) is 0 Å². The van der Waals surface area contributed by atoms with Crippen LogP contribution in [0, 0.1) is 5.92 Å². The molecule has 15 N–H and O–H groups in total. The van der Waals surface area contributed by atoms with Gasteiger partial charge in [0.25, 0.3) is 0 Å². The molecule has 1 aromatic rings. The van der Waals surface area contributed by atoms with Gasteiger partial charge in [-0.3, -0.25) is 34.0 Å². The molecule has 0 fully saturated rings. The maximum Gasteiger partial charge on any atom is 0.243 e. The molecule has 0 bridgehead atoms. The van der Waals surface area contributed by atoms with Crippen LogP contribution in [-0.2, 0) is 30.4 Å². The van der Waals surface area contributed by atoms with Crippen molar-refractivity contribution in [1.29, 1.82) is 0 Å². The summed E-state index contributed by atoms with van der Waals surface area (Å²) < 4.78 is 0. The maximum atomic E-state index is 13.8. The van der Waals surface area contributed by atoms with Crippen molar-refractivity contribution < 1.29 is 24.0 Å². The molecular weight excluding hydrogens is 644 g/mol. The molecule has 17 nitrogen and oxygen atoms in total. The molecule has 1 rings (SSSR count). The van der Waals surface area contributed by atoms with Crippen LogP contribution in [0.5, 0.6) is 0 Å². The van der Waals surface area contributed by atoms with Crippen LogP contribution in [0.4, 0.5) is 0 Å². The highest BCUT2D eigenvalue weighted by Gasteiger charge is 2.31. The average molecular weight is 703 g/mol. The first-order valence-corrected chi connectivity index (χ1v) is 17.1. The summed E-state index contributed by atoms with van der Waals surface area (Å²) >= 11 is 0. The Morgan fingerprint density at radius 3 is 1.68 bits per heavy atom. The molecule has 0 saturated heterocycles. The molecule has 17 heteroatoms. The van der Waals surface area contributed by atoms with Gasteiger partial charge in [-0.15, -0.1) is 0 Å². The minimum atomic E-state index is -1.11. The van der Waals surface area contributed by atoms with Gasteiger partial charge in [0.15, 0.2) is 11.9 Å². The number of hydrogen-bond acceptors (Lipinski definition) is 8. The lowest BCUT2D eigenvalue weighted by Crippen LogP contribution is -2.59. The number of nitrogens with two attached hydrogens (primary N) is 5. The summed E-state index contributed by atoms with van der Waals surface area (Å²) in [5.74, 6) is -2.96. The van der Waals surface area contributed by atoms with Gasteiger partial charge < -0.3 is 55.3 Å². The van der Waals surface area contributed by atoms with Crippen molar-refractivity contribution >= 4 is 41.5 Å². The van der Waals surface area contributed by atoms with E-state index in [0.29, 0.717) is 19.4 Å². The lowest BCUT2D eigenvalue weighted by Gasteiger charge is -2.27. The Morgan fingerprint density at radius 2 is 1.18 bits per heavy atom. The summed E-state index contributed by atoms with van der Waals surface area (Å²) in [7, 11) is 0. The number of carbonyl (C=O) groups excluding carboxylic acids is 5. The summed E-state index contributed by atoms with van der Waals surface area (Å²) in [6.45, 7) is 6.31. The van der Waals surface area contributed by atoms with E-state index in [-0.39, 0.29) is 69.1 Å². The molecule has 4 atom stereocenters. The van der Waals surface area contributed by atoms with Crippen molar-refractivity contribution in [2.24, 2.45) is 44.6 Å². The Kier molecular flexibility index (Phi) is 20.9. The standard InChI is InChI=1S/C33H58N12O5/c1-4-5-15-39-28(47)23(13-9-16-40-32(35)36)43-29(48)24(14-10-17-41-33(37)38)44-30(49)25(18-21(2)3)45-31(50)26(42-27(46)20-34)19-22-11-7-6-8-12-22/h6-8,11-12,21,23-26H,4-5,9-10,13-20,34H2,1-3H3,(H,39,47)(H,42,46)(H,43,48)(H,44,49)(H,45,50)(H4,35,36,40)(H4,37,38,41)/t23-,24-,25-,26-/m0/s1. The van der Waals surface area contributed by atoms with Crippen molar-refractivity contribution in [3.63, 3.8) is 0 Å². The van der Waals surface area contributed by atoms with E-state index >= 15 is 0 Å².